The summed E-state index contributed by atoms with van der Waals surface area (Å²) >= 11 is 0. The molecule has 0 aliphatic rings. The predicted molar refractivity (Wildman–Crippen MR) is 70.8 cm³/mol. The lowest BCUT2D eigenvalue weighted by atomic mass is 10.4. The summed E-state index contributed by atoms with van der Waals surface area (Å²) in [6.45, 7) is 0.394. The predicted octanol–water partition coefficient (Wildman–Crippen LogP) is -1.92. The van der Waals surface area contributed by atoms with E-state index in [1.807, 2.05) is 14.1 Å². The highest BCUT2D eigenvalue weighted by Gasteiger charge is 2.04. The van der Waals surface area contributed by atoms with Gasteiger partial charge in [-0.3, -0.25) is 10.2 Å². The lowest BCUT2D eigenvalue weighted by molar-refractivity contribution is -0.119. The Morgan fingerprint density at radius 2 is 2.16 bits per heavy atom. The first-order chi connectivity index (χ1) is 8.99. The highest BCUT2D eigenvalue weighted by molar-refractivity contribution is 5.83. The van der Waals surface area contributed by atoms with E-state index in [0.717, 1.165) is 0 Å². The highest BCUT2D eigenvalue weighted by Crippen LogP contribution is 2.00. The number of hydrogen-bond donors (Lipinski definition) is 4. The van der Waals surface area contributed by atoms with Gasteiger partial charge in [0, 0.05) is 27.1 Å². The number of nitrogens with one attached hydrogen (secondary N) is 3. The molecule has 0 atom stereocenters. The monoisotopic (exact) mass is 266 g/mol. The summed E-state index contributed by atoms with van der Waals surface area (Å²) in [4.78, 5) is 25.4. The maximum atomic E-state index is 11.3. The van der Waals surface area contributed by atoms with E-state index < -0.39 is 0 Å². The molecule has 0 radical (unpaired) electrons. The highest BCUT2D eigenvalue weighted by atomic mass is 16.1. The molecule has 0 aliphatic heterocycles. The van der Waals surface area contributed by atoms with E-state index in [0.29, 0.717) is 24.7 Å². The average molecular weight is 266 g/mol. The van der Waals surface area contributed by atoms with Crippen molar-refractivity contribution in [2.45, 2.75) is 6.42 Å². The molecule has 9 heteroatoms. The molecule has 0 aromatic carbocycles. The molecule has 9 nitrogen and oxygen atoms in total. The summed E-state index contributed by atoms with van der Waals surface area (Å²) in [6, 6.07) is 0. The molecule has 0 saturated carbocycles. The van der Waals surface area contributed by atoms with Crippen LogP contribution in [0.3, 0.4) is 0 Å². The molecule has 0 bridgehead atoms. The van der Waals surface area contributed by atoms with Crippen molar-refractivity contribution in [3.05, 3.63) is 12.2 Å². The standard InChI is InChI=1S/C10H18N8O/c1-18(2)10-16-6-15-7(17-10)3-4-13-8(19)5-14-9(11)12/h6H,3-5H2,1-2H3,(H,13,19)(H4,11,12,14). The number of nitrogens with zero attached hydrogens (tertiary/aromatic N) is 4. The fourth-order valence-corrected chi connectivity index (χ4v) is 1.21. The third kappa shape index (κ3) is 5.61. The van der Waals surface area contributed by atoms with Gasteiger partial charge in [0.2, 0.25) is 11.9 Å². The normalized spacial score (nSPS) is 9.79. The van der Waals surface area contributed by atoms with E-state index in [1.165, 1.54) is 6.33 Å². The number of aromatic nitrogens is 3. The number of carbonyl (C=O) groups is 1. The first-order valence-corrected chi connectivity index (χ1v) is 5.69. The molecule has 104 valence electrons. The van der Waals surface area contributed by atoms with Crippen LogP contribution in [0.5, 0.6) is 0 Å². The fourth-order valence-electron chi connectivity index (χ4n) is 1.21. The number of guanidine groups is 1. The summed E-state index contributed by atoms with van der Waals surface area (Å²) < 4.78 is 0. The zero-order valence-corrected chi connectivity index (χ0v) is 11.0. The van der Waals surface area contributed by atoms with E-state index in [9.17, 15) is 4.79 Å². The average Bonchev–Trinajstić information content (AvgIpc) is 2.36. The van der Waals surface area contributed by atoms with Crippen LogP contribution in [0.2, 0.25) is 0 Å². The van der Waals surface area contributed by atoms with Crippen molar-refractivity contribution in [3.8, 4) is 0 Å². The van der Waals surface area contributed by atoms with Crippen LogP contribution in [0.15, 0.2) is 6.33 Å². The maximum Gasteiger partial charge on any atom is 0.239 e. The molecule has 0 aliphatic carbocycles. The Bertz CT molecular complexity index is 447. The number of anilines is 1. The first kappa shape index (κ1) is 14.6. The van der Waals surface area contributed by atoms with Gasteiger partial charge in [-0.15, -0.1) is 0 Å². The second kappa shape index (κ2) is 7.09. The number of rotatable bonds is 6. The number of carbonyl (C=O) groups excluding carboxylic acids is 1. The zero-order valence-electron chi connectivity index (χ0n) is 11.0. The molecule has 0 spiro atoms. The van der Waals surface area contributed by atoms with Crippen LogP contribution in [-0.2, 0) is 11.2 Å². The molecule has 1 rings (SSSR count). The Balaban J connectivity index is 2.34. The molecular formula is C10H18N8O. The zero-order chi connectivity index (χ0) is 14.3. The third-order valence-corrected chi connectivity index (χ3v) is 2.12. The van der Waals surface area contributed by atoms with Crippen molar-refractivity contribution in [3.63, 3.8) is 0 Å². The van der Waals surface area contributed by atoms with Gasteiger partial charge in [0.15, 0.2) is 5.96 Å². The lowest BCUT2D eigenvalue weighted by Crippen LogP contribution is -2.40. The van der Waals surface area contributed by atoms with Crippen LogP contribution in [0.4, 0.5) is 5.95 Å². The van der Waals surface area contributed by atoms with Crippen molar-refractivity contribution in [1.82, 2.24) is 25.6 Å². The Kier molecular flexibility index (Phi) is 5.45. The van der Waals surface area contributed by atoms with Gasteiger partial charge < -0.3 is 21.3 Å². The lowest BCUT2D eigenvalue weighted by Gasteiger charge is -2.10. The van der Waals surface area contributed by atoms with Crippen molar-refractivity contribution in [2.24, 2.45) is 5.73 Å². The largest absolute Gasteiger partial charge is 0.370 e. The molecule has 1 amide bonds. The van der Waals surface area contributed by atoms with Gasteiger partial charge in [0.1, 0.15) is 12.2 Å². The Morgan fingerprint density at radius 1 is 1.42 bits per heavy atom. The second-order valence-electron chi connectivity index (χ2n) is 3.96. The van der Waals surface area contributed by atoms with Gasteiger partial charge in [-0.1, -0.05) is 0 Å². The third-order valence-electron chi connectivity index (χ3n) is 2.12. The summed E-state index contributed by atoms with van der Waals surface area (Å²) in [7, 11) is 3.68. The van der Waals surface area contributed by atoms with Crippen LogP contribution < -0.4 is 21.3 Å². The number of hydrogen-bond acceptors (Lipinski definition) is 6. The van der Waals surface area contributed by atoms with E-state index >= 15 is 0 Å². The fraction of sp³-hybridized carbons (Fsp3) is 0.500. The molecule has 0 saturated heterocycles. The smallest absolute Gasteiger partial charge is 0.239 e. The topological polar surface area (TPSA) is 133 Å². The summed E-state index contributed by atoms with van der Waals surface area (Å²) in [5.74, 6) is 0.716. The minimum absolute atomic E-state index is 0.0184. The Hall–Kier alpha value is -2.45. The van der Waals surface area contributed by atoms with E-state index in [1.54, 1.807) is 4.90 Å². The van der Waals surface area contributed by atoms with E-state index in [2.05, 4.69) is 25.6 Å². The van der Waals surface area contributed by atoms with E-state index in [4.69, 9.17) is 11.1 Å². The van der Waals surface area contributed by atoms with Gasteiger partial charge in [0.25, 0.3) is 0 Å². The minimum atomic E-state index is -0.239. The van der Waals surface area contributed by atoms with Gasteiger partial charge in [-0.25, -0.2) is 9.97 Å². The molecule has 1 aromatic rings. The quantitative estimate of drug-likeness (QED) is 0.348. The molecule has 5 N–H and O–H groups in total. The Morgan fingerprint density at radius 3 is 2.79 bits per heavy atom. The number of nitrogens with two attached hydrogens (primary N) is 1. The van der Waals surface area contributed by atoms with Crippen molar-refractivity contribution in [1.29, 1.82) is 5.41 Å². The number of amides is 1. The second-order valence-corrected chi connectivity index (χ2v) is 3.96. The van der Waals surface area contributed by atoms with Crippen LogP contribution >= 0.6 is 0 Å². The molecule has 0 unspecified atom stereocenters. The maximum absolute atomic E-state index is 11.3. The molecule has 1 aromatic heterocycles. The van der Waals surface area contributed by atoms with Crippen LogP contribution in [0, 0.1) is 5.41 Å². The van der Waals surface area contributed by atoms with Crippen LogP contribution in [0.25, 0.3) is 0 Å². The Labute approximate surface area is 111 Å². The van der Waals surface area contributed by atoms with E-state index in [-0.39, 0.29) is 18.4 Å². The van der Waals surface area contributed by atoms with Gasteiger partial charge in [-0.05, 0) is 0 Å². The summed E-state index contributed by atoms with van der Waals surface area (Å²) in [6.07, 6.45) is 1.95. The van der Waals surface area contributed by atoms with Crippen LogP contribution in [0.1, 0.15) is 5.82 Å². The molecule has 19 heavy (non-hydrogen) atoms. The van der Waals surface area contributed by atoms with Gasteiger partial charge >= 0.3 is 0 Å². The molecule has 1 heterocycles. The SMILES string of the molecule is CN(C)c1ncnc(CCNC(=O)CNC(=N)N)n1. The van der Waals surface area contributed by atoms with Gasteiger partial charge in [0.05, 0.1) is 6.54 Å². The van der Waals surface area contributed by atoms with Crippen LogP contribution in [-0.4, -0.2) is 54.0 Å². The summed E-state index contributed by atoms with van der Waals surface area (Å²) in [5.41, 5.74) is 5.07. The van der Waals surface area contributed by atoms with Crippen molar-refractivity contribution >= 4 is 17.8 Å². The molecular weight excluding hydrogens is 248 g/mol. The minimum Gasteiger partial charge on any atom is -0.370 e. The summed E-state index contributed by atoms with van der Waals surface area (Å²) in [5, 5.41) is 12.0. The van der Waals surface area contributed by atoms with Crippen molar-refractivity contribution < 1.29 is 4.79 Å². The van der Waals surface area contributed by atoms with Crippen molar-refractivity contribution in [2.75, 3.05) is 32.1 Å². The molecule has 0 fully saturated rings. The van der Waals surface area contributed by atoms with Gasteiger partial charge in [-0.2, -0.15) is 4.98 Å². The first-order valence-electron chi connectivity index (χ1n) is 5.69.